The van der Waals surface area contributed by atoms with Gasteiger partial charge < -0.3 is 9.47 Å². The Labute approximate surface area is 148 Å². The van der Waals surface area contributed by atoms with Gasteiger partial charge in [-0.05, 0) is 61.2 Å². The fourth-order valence-corrected chi connectivity index (χ4v) is 3.74. The van der Waals surface area contributed by atoms with Gasteiger partial charge in [0.25, 0.3) is 5.91 Å². The van der Waals surface area contributed by atoms with Gasteiger partial charge >= 0.3 is 0 Å². The Morgan fingerprint density at radius 2 is 1.92 bits per heavy atom. The molecule has 0 unspecified atom stereocenters. The minimum absolute atomic E-state index is 0.125. The molecule has 0 radical (unpaired) electrons. The van der Waals surface area contributed by atoms with E-state index in [1.54, 1.807) is 0 Å². The van der Waals surface area contributed by atoms with Crippen molar-refractivity contribution in [2.45, 2.75) is 39.7 Å². The normalized spacial score (nSPS) is 13.7. The topological polar surface area (TPSA) is 25.2 Å². The molecule has 3 heteroatoms. The van der Waals surface area contributed by atoms with Gasteiger partial charge in [0, 0.05) is 34.9 Å². The highest BCUT2D eigenvalue weighted by Gasteiger charge is 2.28. The number of nitrogens with zero attached hydrogens (tertiary/aromatic N) is 2. The van der Waals surface area contributed by atoms with E-state index in [9.17, 15) is 4.79 Å². The number of anilines is 1. The molecule has 1 amide bonds. The first-order valence-electron chi connectivity index (χ1n) is 9.08. The van der Waals surface area contributed by atoms with Crippen LogP contribution in [0, 0.1) is 6.92 Å². The zero-order valence-corrected chi connectivity index (χ0v) is 15.2. The van der Waals surface area contributed by atoms with Crippen molar-refractivity contribution < 1.29 is 4.79 Å². The first-order valence-corrected chi connectivity index (χ1v) is 9.08. The molecule has 25 heavy (non-hydrogen) atoms. The number of carbonyl (C=O) groups is 1. The summed E-state index contributed by atoms with van der Waals surface area (Å²) in [5.41, 5.74) is 6.68. The number of benzene rings is 2. The fourth-order valence-electron chi connectivity index (χ4n) is 3.74. The van der Waals surface area contributed by atoms with Crippen LogP contribution in [-0.2, 0) is 20.0 Å². The maximum Gasteiger partial charge on any atom is 0.258 e. The zero-order chi connectivity index (χ0) is 17.6. The Kier molecular flexibility index (Phi) is 3.87. The van der Waals surface area contributed by atoms with Gasteiger partial charge in [0.05, 0.1) is 6.54 Å². The second-order valence-corrected chi connectivity index (χ2v) is 7.07. The molecular formula is C22H24N2O. The molecule has 3 nitrogen and oxygen atoms in total. The van der Waals surface area contributed by atoms with E-state index in [2.05, 4.69) is 67.9 Å². The smallest absolute Gasteiger partial charge is 0.258 e. The Morgan fingerprint density at radius 1 is 1.08 bits per heavy atom. The largest absolute Gasteiger partial charge is 0.348 e. The third-order valence-electron chi connectivity index (χ3n) is 5.37. The molecule has 2 aromatic carbocycles. The summed E-state index contributed by atoms with van der Waals surface area (Å²) in [4.78, 5) is 14.9. The summed E-state index contributed by atoms with van der Waals surface area (Å²) >= 11 is 0. The summed E-state index contributed by atoms with van der Waals surface area (Å²) in [7, 11) is 2.08. The highest BCUT2D eigenvalue weighted by atomic mass is 16.2. The van der Waals surface area contributed by atoms with Crippen molar-refractivity contribution in [1.29, 1.82) is 0 Å². The Hall–Kier alpha value is -2.55. The monoisotopic (exact) mass is 332 g/mol. The molecule has 2 heterocycles. The van der Waals surface area contributed by atoms with Crippen LogP contribution in [-0.4, -0.2) is 10.5 Å². The molecule has 1 aliphatic rings. The van der Waals surface area contributed by atoms with E-state index in [0.717, 1.165) is 23.2 Å². The van der Waals surface area contributed by atoms with Crippen molar-refractivity contribution in [3.8, 4) is 0 Å². The van der Waals surface area contributed by atoms with Gasteiger partial charge in [-0.15, -0.1) is 0 Å². The molecule has 0 N–H and O–H groups in total. The Balaban J connectivity index is 1.67. The van der Waals surface area contributed by atoms with E-state index in [1.165, 1.54) is 35.0 Å². The molecule has 0 bridgehead atoms. The van der Waals surface area contributed by atoms with Crippen molar-refractivity contribution in [1.82, 2.24) is 4.57 Å². The third-order valence-corrected chi connectivity index (χ3v) is 5.37. The number of amides is 1. The van der Waals surface area contributed by atoms with Crippen LogP contribution in [0.15, 0.2) is 42.5 Å². The first-order chi connectivity index (χ1) is 12.1. The van der Waals surface area contributed by atoms with Gasteiger partial charge in [0.2, 0.25) is 0 Å². The van der Waals surface area contributed by atoms with Crippen molar-refractivity contribution in [3.63, 3.8) is 0 Å². The number of unbranched alkanes of at least 4 members (excludes halogenated alkanes) is 1. The van der Waals surface area contributed by atoms with Gasteiger partial charge in [-0.2, -0.15) is 0 Å². The number of hydrogen-bond acceptors (Lipinski definition) is 1. The van der Waals surface area contributed by atoms with E-state index in [-0.39, 0.29) is 5.91 Å². The van der Waals surface area contributed by atoms with Gasteiger partial charge in [-0.25, -0.2) is 0 Å². The maximum atomic E-state index is 13.0. The molecule has 0 atom stereocenters. The van der Waals surface area contributed by atoms with Gasteiger partial charge in [0.15, 0.2) is 0 Å². The number of aryl methyl sites for hydroxylation is 3. The molecule has 0 spiro atoms. The molecular weight excluding hydrogens is 308 g/mol. The summed E-state index contributed by atoms with van der Waals surface area (Å²) in [6, 6.07) is 14.9. The lowest BCUT2D eigenvalue weighted by Gasteiger charge is -2.16. The summed E-state index contributed by atoms with van der Waals surface area (Å²) < 4.78 is 2.18. The maximum absolute atomic E-state index is 13.0. The number of aromatic nitrogens is 1. The van der Waals surface area contributed by atoms with Crippen molar-refractivity contribution in [2.24, 2.45) is 7.05 Å². The molecule has 0 aliphatic carbocycles. The summed E-state index contributed by atoms with van der Waals surface area (Å²) in [5, 5.41) is 1.19. The molecule has 0 fully saturated rings. The third kappa shape index (κ3) is 2.64. The lowest BCUT2D eigenvalue weighted by atomic mass is 10.0. The summed E-state index contributed by atoms with van der Waals surface area (Å²) in [6.45, 7) is 4.97. The average Bonchev–Trinajstić information content (AvgIpc) is 3.10. The van der Waals surface area contributed by atoms with Crippen LogP contribution in [0.3, 0.4) is 0 Å². The molecule has 4 rings (SSSR count). The Bertz CT molecular complexity index is 968. The average molecular weight is 332 g/mol. The minimum Gasteiger partial charge on any atom is -0.348 e. The molecule has 0 saturated heterocycles. The number of fused-ring (bicyclic) bond motifs is 2. The number of rotatable bonds is 4. The van der Waals surface area contributed by atoms with Crippen molar-refractivity contribution in [3.05, 3.63) is 64.8 Å². The lowest BCUT2D eigenvalue weighted by molar-refractivity contribution is 0.0996. The van der Waals surface area contributed by atoms with Gasteiger partial charge in [-0.1, -0.05) is 25.5 Å². The van der Waals surface area contributed by atoms with Crippen LogP contribution in [0.1, 0.15) is 46.9 Å². The highest BCUT2D eigenvalue weighted by molar-refractivity contribution is 6.10. The van der Waals surface area contributed by atoms with Crippen LogP contribution < -0.4 is 4.90 Å². The molecule has 1 aromatic heterocycles. The second kappa shape index (κ2) is 6.07. The second-order valence-electron chi connectivity index (χ2n) is 7.07. The SMILES string of the molecule is CCCCc1ccc2c(c1)C(=O)N(c1ccc3c(c1)cc(C)n3C)C2. The van der Waals surface area contributed by atoms with E-state index in [4.69, 9.17) is 0 Å². The van der Waals surface area contributed by atoms with Crippen LogP contribution in [0.2, 0.25) is 0 Å². The van der Waals surface area contributed by atoms with Gasteiger partial charge in [0.1, 0.15) is 0 Å². The van der Waals surface area contributed by atoms with Gasteiger partial charge in [-0.3, -0.25) is 4.79 Å². The van der Waals surface area contributed by atoms with Crippen molar-refractivity contribution >= 4 is 22.5 Å². The van der Waals surface area contributed by atoms with E-state index < -0.39 is 0 Å². The van der Waals surface area contributed by atoms with E-state index >= 15 is 0 Å². The van der Waals surface area contributed by atoms with E-state index in [1.807, 2.05) is 4.90 Å². The molecule has 0 saturated carbocycles. The minimum atomic E-state index is 0.125. The quantitative estimate of drug-likeness (QED) is 0.661. The molecule has 128 valence electrons. The van der Waals surface area contributed by atoms with Crippen LogP contribution in [0.4, 0.5) is 5.69 Å². The van der Waals surface area contributed by atoms with Crippen LogP contribution in [0.5, 0.6) is 0 Å². The standard InChI is InChI=1S/C22H24N2O/c1-4-5-6-16-7-8-17-14-24(22(25)20(17)12-16)19-9-10-21-18(13-19)11-15(2)23(21)3/h7-13H,4-6,14H2,1-3H3. The van der Waals surface area contributed by atoms with Crippen LogP contribution in [0.25, 0.3) is 10.9 Å². The van der Waals surface area contributed by atoms with Crippen LogP contribution >= 0.6 is 0 Å². The lowest BCUT2D eigenvalue weighted by Crippen LogP contribution is -2.22. The number of hydrogen-bond donors (Lipinski definition) is 0. The van der Waals surface area contributed by atoms with E-state index in [0.29, 0.717) is 6.54 Å². The Morgan fingerprint density at radius 3 is 2.72 bits per heavy atom. The molecule has 1 aliphatic heterocycles. The summed E-state index contributed by atoms with van der Waals surface area (Å²) in [5.74, 6) is 0.125. The predicted octanol–water partition coefficient (Wildman–Crippen LogP) is 4.99. The van der Waals surface area contributed by atoms with Crippen molar-refractivity contribution in [2.75, 3.05) is 4.90 Å². The zero-order valence-electron chi connectivity index (χ0n) is 15.2. The fraction of sp³-hybridized carbons (Fsp3) is 0.318. The summed E-state index contributed by atoms with van der Waals surface area (Å²) in [6.07, 6.45) is 3.39. The first kappa shape index (κ1) is 15.9. The highest BCUT2D eigenvalue weighted by Crippen LogP contribution is 2.32. The molecule has 3 aromatic rings. The number of carbonyl (C=O) groups excluding carboxylic acids is 1. The predicted molar refractivity (Wildman–Crippen MR) is 103 cm³/mol.